The Morgan fingerprint density at radius 3 is 2.38 bits per heavy atom. The van der Waals surface area contributed by atoms with E-state index in [0.717, 1.165) is 12.0 Å². The van der Waals surface area contributed by atoms with Gasteiger partial charge in [0.2, 0.25) is 0 Å². The molecule has 0 unspecified atom stereocenters. The van der Waals surface area contributed by atoms with Crippen molar-refractivity contribution in [3.63, 3.8) is 0 Å². The van der Waals surface area contributed by atoms with Crippen molar-refractivity contribution in [1.29, 1.82) is 0 Å². The summed E-state index contributed by atoms with van der Waals surface area (Å²) in [5.41, 5.74) is 3.03. The molecule has 0 saturated carbocycles. The summed E-state index contributed by atoms with van der Waals surface area (Å²) in [5, 5.41) is 3.44. The van der Waals surface area contributed by atoms with E-state index in [9.17, 15) is 9.59 Å². The fraction of sp³-hybridized carbons (Fsp3) is 0.0526. The Morgan fingerprint density at radius 1 is 1.08 bits per heavy atom. The van der Waals surface area contributed by atoms with Gasteiger partial charge in [-0.3, -0.25) is 9.59 Å². The number of amides is 1. The highest BCUT2D eigenvalue weighted by atomic mass is 35.5. The van der Waals surface area contributed by atoms with Crippen LogP contribution in [0.2, 0.25) is 5.02 Å². The van der Waals surface area contributed by atoms with Gasteiger partial charge < -0.3 is 9.88 Å². The van der Waals surface area contributed by atoms with Crippen molar-refractivity contribution in [3.8, 4) is 5.69 Å². The molecule has 4 nitrogen and oxygen atoms in total. The largest absolute Gasteiger partial charge is 0.322 e. The zero-order chi connectivity index (χ0) is 17.1. The lowest BCUT2D eigenvalue weighted by molar-refractivity contribution is 0.102. The number of hydrogen-bond acceptors (Lipinski definition) is 2. The molecule has 1 heterocycles. The average molecular weight is 339 g/mol. The van der Waals surface area contributed by atoms with Gasteiger partial charge in [0.15, 0.2) is 6.29 Å². The van der Waals surface area contributed by atoms with Crippen LogP contribution in [0.1, 0.15) is 26.5 Å². The van der Waals surface area contributed by atoms with Crippen LogP contribution in [-0.4, -0.2) is 16.8 Å². The van der Waals surface area contributed by atoms with Crippen molar-refractivity contribution in [2.24, 2.45) is 0 Å². The zero-order valence-electron chi connectivity index (χ0n) is 13.0. The fourth-order valence-electron chi connectivity index (χ4n) is 2.60. The highest BCUT2D eigenvalue weighted by Crippen LogP contribution is 2.22. The highest BCUT2D eigenvalue weighted by molar-refractivity contribution is 6.30. The number of hydrogen-bond donors (Lipinski definition) is 1. The first-order chi connectivity index (χ1) is 11.6. The normalized spacial score (nSPS) is 10.4. The molecule has 24 heavy (non-hydrogen) atoms. The lowest BCUT2D eigenvalue weighted by atomic mass is 10.2. The van der Waals surface area contributed by atoms with Crippen LogP contribution in [0.5, 0.6) is 0 Å². The molecular formula is C19H15ClN2O2. The van der Waals surface area contributed by atoms with Crippen LogP contribution in [0.15, 0.2) is 60.7 Å². The molecular weight excluding hydrogens is 324 g/mol. The molecule has 120 valence electrons. The zero-order valence-corrected chi connectivity index (χ0v) is 13.7. The second-order valence-electron chi connectivity index (χ2n) is 5.32. The van der Waals surface area contributed by atoms with Gasteiger partial charge in [-0.1, -0.05) is 29.8 Å². The van der Waals surface area contributed by atoms with Gasteiger partial charge in [-0.05, 0) is 49.4 Å². The number of nitrogens with zero attached hydrogens (tertiary/aromatic N) is 1. The fourth-order valence-corrected chi connectivity index (χ4v) is 2.73. The molecule has 1 aromatic heterocycles. The maximum Gasteiger partial charge on any atom is 0.257 e. The molecule has 2 aromatic carbocycles. The molecule has 0 aliphatic carbocycles. The van der Waals surface area contributed by atoms with E-state index >= 15 is 0 Å². The number of carbonyl (C=O) groups excluding carboxylic acids is 2. The number of rotatable bonds is 4. The Kier molecular flexibility index (Phi) is 4.49. The van der Waals surface area contributed by atoms with E-state index in [4.69, 9.17) is 11.6 Å². The minimum atomic E-state index is -0.255. The van der Waals surface area contributed by atoms with Crippen molar-refractivity contribution in [1.82, 2.24) is 4.57 Å². The minimum absolute atomic E-state index is 0.255. The summed E-state index contributed by atoms with van der Waals surface area (Å²) in [6.45, 7) is 1.81. The molecule has 0 bridgehead atoms. The van der Waals surface area contributed by atoms with Gasteiger partial charge in [0.1, 0.15) is 0 Å². The Balaban J connectivity index is 1.99. The maximum atomic E-state index is 12.5. The molecule has 0 spiro atoms. The first-order valence-corrected chi connectivity index (χ1v) is 7.78. The molecule has 0 atom stereocenters. The van der Waals surface area contributed by atoms with E-state index in [0.29, 0.717) is 27.7 Å². The third kappa shape index (κ3) is 3.09. The van der Waals surface area contributed by atoms with Crippen LogP contribution in [0, 0.1) is 6.92 Å². The van der Waals surface area contributed by atoms with Crippen LogP contribution in [0.4, 0.5) is 5.69 Å². The van der Waals surface area contributed by atoms with Crippen LogP contribution in [-0.2, 0) is 0 Å². The molecule has 5 heteroatoms. The van der Waals surface area contributed by atoms with Gasteiger partial charge in [-0.2, -0.15) is 0 Å². The second kappa shape index (κ2) is 6.72. The SMILES string of the molecule is Cc1c(C(=O)Nc2ccccc2)cc(C=O)n1-c1ccc(Cl)cc1. The quantitative estimate of drug-likeness (QED) is 0.712. The lowest BCUT2D eigenvalue weighted by Gasteiger charge is -2.10. The monoisotopic (exact) mass is 338 g/mol. The Morgan fingerprint density at radius 2 is 1.75 bits per heavy atom. The number of benzene rings is 2. The summed E-state index contributed by atoms with van der Waals surface area (Å²) >= 11 is 5.92. The van der Waals surface area contributed by atoms with Crippen LogP contribution in [0.25, 0.3) is 5.69 Å². The molecule has 1 N–H and O–H groups in total. The molecule has 3 aromatic rings. The third-order valence-corrected chi connectivity index (χ3v) is 4.01. The number of anilines is 1. The predicted molar refractivity (Wildman–Crippen MR) is 95.3 cm³/mol. The molecule has 0 saturated heterocycles. The highest BCUT2D eigenvalue weighted by Gasteiger charge is 2.18. The maximum absolute atomic E-state index is 12.5. The van der Waals surface area contributed by atoms with E-state index in [1.54, 1.807) is 34.9 Å². The summed E-state index contributed by atoms with van der Waals surface area (Å²) < 4.78 is 1.74. The van der Waals surface area contributed by atoms with Gasteiger partial charge in [-0.25, -0.2) is 0 Å². The topological polar surface area (TPSA) is 51.1 Å². The Hall–Kier alpha value is -2.85. The summed E-state index contributed by atoms with van der Waals surface area (Å²) in [6, 6.07) is 17.9. The smallest absolute Gasteiger partial charge is 0.257 e. The van der Waals surface area contributed by atoms with Gasteiger partial charge in [0.25, 0.3) is 5.91 Å². The van der Waals surface area contributed by atoms with Gasteiger partial charge in [0.05, 0.1) is 11.3 Å². The molecule has 3 rings (SSSR count). The predicted octanol–water partition coefficient (Wildman–Crippen LogP) is 4.50. The number of carbonyl (C=O) groups is 2. The summed E-state index contributed by atoms with van der Waals surface area (Å²) in [7, 11) is 0. The standard InChI is InChI=1S/C19H15ClN2O2/c1-13-18(19(24)21-15-5-3-2-4-6-15)11-17(12-23)22(13)16-9-7-14(20)8-10-16/h2-12H,1H3,(H,21,24). The van der Waals surface area contributed by atoms with Crippen molar-refractivity contribution in [3.05, 3.63) is 82.6 Å². The number of aromatic nitrogens is 1. The van der Waals surface area contributed by atoms with Gasteiger partial charge in [-0.15, -0.1) is 0 Å². The molecule has 0 aliphatic heterocycles. The van der Waals surface area contributed by atoms with E-state index in [1.165, 1.54) is 0 Å². The third-order valence-electron chi connectivity index (χ3n) is 3.76. The first-order valence-electron chi connectivity index (χ1n) is 7.40. The van der Waals surface area contributed by atoms with Crippen LogP contribution >= 0.6 is 11.6 Å². The number of para-hydroxylation sites is 1. The number of nitrogens with one attached hydrogen (secondary N) is 1. The average Bonchev–Trinajstić information content (AvgIpc) is 2.93. The molecule has 0 radical (unpaired) electrons. The molecule has 0 aliphatic rings. The minimum Gasteiger partial charge on any atom is -0.322 e. The molecule has 1 amide bonds. The number of halogens is 1. The van der Waals surface area contributed by atoms with Crippen molar-refractivity contribution < 1.29 is 9.59 Å². The van der Waals surface area contributed by atoms with Crippen molar-refractivity contribution in [2.75, 3.05) is 5.32 Å². The Labute approximate surface area is 144 Å². The van der Waals surface area contributed by atoms with E-state index in [-0.39, 0.29) is 5.91 Å². The van der Waals surface area contributed by atoms with Crippen molar-refractivity contribution in [2.45, 2.75) is 6.92 Å². The first kappa shape index (κ1) is 16.0. The van der Waals surface area contributed by atoms with Crippen LogP contribution < -0.4 is 5.32 Å². The summed E-state index contributed by atoms with van der Waals surface area (Å²) in [4.78, 5) is 24.0. The van der Waals surface area contributed by atoms with E-state index in [2.05, 4.69) is 5.32 Å². The number of aldehydes is 1. The van der Waals surface area contributed by atoms with Crippen molar-refractivity contribution >= 4 is 29.5 Å². The summed E-state index contributed by atoms with van der Waals surface area (Å²) in [6.07, 6.45) is 0.737. The second-order valence-corrected chi connectivity index (χ2v) is 5.75. The van der Waals surface area contributed by atoms with Gasteiger partial charge >= 0.3 is 0 Å². The van der Waals surface area contributed by atoms with E-state index < -0.39 is 0 Å². The summed E-state index contributed by atoms with van der Waals surface area (Å²) in [5.74, 6) is -0.255. The lowest BCUT2D eigenvalue weighted by Crippen LogP contribution is -2.13. The Bertz CT molecular complexity index is 884. The van der Waals surface area contributed by atoms with Crippen LogP contribution in [0.3, 0.4) is 0 Å². The van der Waals surface area contributed by atoms with Gasteiger partial charge in [0, 0.05) is 22.1 Å². The van der Waals surface area contributed by atoms with E-state index in [1.807, 2.05) is 37.3 Å². The molecule has 0 fully saturated rings.